The van der Waals surface area contributed by atoms with E-state index in [-0.39, 0.29) is 29.7 Å². The standard InChI is InChI=1S/C11H23NO2S/c1-5-9(6-2)11(14)12-8(3)10(7-13)15-4/h8-10,13H,5-7H2,1-4H3,(H,12,14). The number of nitrogens with one attached hydrogen (secondary N) is 1. The molecule has 0 aliphatic heterocycles. The van der Waals surface area contributed by atoms with Crippen molar-refractivity contribution in [2.45, 2.75) is 44.9 Å². The predicted octanol–water partition coefficient (Wildman–Crippen LogP) is 1.65. The normalized spacial score (nSPS) is 15.1. The van der Waals surface area contributed by atoms with Gasteiger partial charge in [0.15, 0.2) is 0 Å². The summed E-state index contributed by atoms with van der Waals surface area (Å²) in [4.78, 5) is 11.8. The Balaban J connectivity index is 4.15. The van der Waals surface area contributed by atoms with E-state index in [0.717, 1.165) is 12.8 Å². The maximum absolute atomic E-state index is 11.8. The summed E-state index contributed by atoms with van der Waals surface area (Å²) in [5.41, 5.74) is 0. The summed E-state index contributed by atoms with van der Waals surface area (Å²) in [6.45, 7) is 6.09. The molecule has 0 fully saturated rings. The van der Waals surface area contributed by atoms with E-state index >= 15 is 0 Å². The van der Waals surface area contributed by atoms with Crippen LogP contribution < -0.4 is 5.32 Å². The molecule has 2 N–H and O–H groups in total. The van der Waals surface area contributed by atoms with Gasteiger partial charge in [0.25, 0.3) is 0 Å². The average molecular weight is 233 g/mol. The van der Waals surface area contributed by atoms with Gasteiger partial charge in [0.05, 0.1) is 6.61 Å². The van der Waals surface area contributed by atoms with E-state index in [2.05, 4.69) is 5.32 Å². The quantitative estimate of drug-likeness (QED) is 0.703. The van der Waals surface area contributed by atoms with E-state index < -0.39 is 0 Å². The summed E-state index contributed by atoms with van der Waals surface area (Å²) < 4.78 is 0. The van der Waals surface area contributed by atoms with Gasteiger partial charge in [-0.3, -0.25) is 4.79 Å². The maximum Gasteiger partial charge on any atom is 0.223 e. The number of amides is 1. The third-order valence-corrected chi connectivity index (χ3v) is 3.93. The van der Waals surface area contributed by atoms with Crippen LogP contribution in [0.15, 0.2) is 0 Å². The predicted molar refractivity (Wildman–Crippen MR) is 66.1 cm³/mol. The van der Waals surface area contributed by atoms with E-state index in [1.54, 1.807) is 11.8 Å². The largest absolute Gasteiger partial charge is 0.395 e. The number of aliphatic hydroxyl groups is 1. The number of aliphatic hydroxyl groups excluding tert-OH is 1. The molecule has 0 heterocycles. The second-order valence-corrected chi connectivity index (χ2v) is 4.84. The fourth-order valence-corrected chi connectivity index (χ4v) is 2.16. The highest BCUT2D eigenvalue weighted by molar-refractivity contribution is 7.99. The van der Waals surface area contributed by atoms with E-state index in [4.69, 9.17) is 5.11 Å². The maximum atomic E-state index is 11.8. The van der Waals surface area contributed by atoms with Crippen molar-refractivity contribution >= 4 is 17.7 Å². The molecule has 0 bridgehead atoms. The molecule has 1 amide bonds. The van der Waals surface area contributed by atoms with E-state index in [1.807, 2.05) is 27.0 Å². The Hall–Kier alpha value is -0.220. The van der Waals surface area contributed by atoms with Gasteiger partial charge in [0.2, 0.25) is 5.91 Å². The van der Waals surface area contributed by atoms with Crippen LogP contribution in [0.1, 0.15) is 33.6 Å². The van der Waals surface area contributed by atoms with Crippen molar-refractivity contribution < 1.29 is 9.90 Å². The van der Waals surface area contributed by atoms with Crippen LogP contribution in [0.4, 0.5) is 0 Å². The average Bonchev–Trinajstić information content (AvgIpc) is 2.21. The molecule has 0 saturated heterocycles. The van der Waals surface area contributed by atoms with Crippen molar-refractivity contribution in [2.75, 3.05) is 12.9 Å². The lowest BCUT2D eigenvalue weighted by atomic mass is 10.0. The van der Waals surface area contributed by atoms with Gasteiger partial charge in [-0.15, -0.1) is 0 Å². The number of thioether (sulfide) groups is 1. The summed E-state index contributed by atoms with van der Waals surface area (Å²) in [7, 11) is 0. The van der Waals surface area contributed by atoms with Gasteiger partial charge in [0, 0.05) is 17.2 Å². The van der Waals surface area contributed by atoms with Gasteiger partial charge in [-0.2, -0.15) is 11.8 Å². The molecular formula is C11H23NO2S. The van der Waals surface area contributed by atoms with Crippen molar-refractivity contribution in [3.05, 3.63) is 0 Å². The topological polar surface area (TPSA) is 49.3 Å². The Kier molecular flexibility index (Phi) is 7.88. The van der Waals surface area contributed by atoms with Crippen molar-refractivity contribution in [2.24, 2.45) is 5.92 Å². The van der Waals surface area contributed by atoms with Crippen molar-refractivity contribution in [1.82, 2.24) is 5.32 Å². The van der Waals surface area contributed by atoms with Crippen LogP contribution in [0, 0.1) is 5.92 Å². The van der Waals surface area contributed by atoms with Gasteiger partial charge in [0.1, 0.15) is 0 Å². The number of carbonyl (C=O) groups is 1. The monoisotopic (exact) mass is 233 g/mol. The molecule has 15 heavy (non-hydrogen) atoms. The van der Waals surface area contributed by atoms with Crippen LogP contribution in [-0.4, -0.2) is 35.2 Å². The van der Waals surface area contributed by atoms with Crippen molar-refractivity contribution in [1.29, 1.82) is 0 Å². The SMILES string of the molecule is CCC(CC)C(=O)NC(C)C(CO)SC. The molecule has 90 valence electrons. The van der Waals surface area contributed by atoms with Gasteiger partial charge >= 0.3 is 0 Å². The molecule has 0 aromatic carbocycles. The number of rotatable bonds is 7. The molecule has 0 aromatic heterocycles. The molecule has 0 radical (unpaired) electrons. The Morgan fingerprint density at radius 3 is 2.27 bits per heavy atom. The highest BCUT2D eigenvalue weighted by Gasteiger charge is 2.20. The summed E-state index contributed by atoms with van der Waals surface area (Å²) in [6, 6.07) is 0.0260. The number of hydrogen-bond acceptors (Lipinski definition) is 3. The van der Waals surface area contributed by atoms with E-state index in [1.165, 1.54) is 0 Å². The molecule has 2 atom stereocenters. The molecule has 0 aromatic rings. The summed E-state index contributed by atoms with van der Waals surface area (Å²) in [5.74, 6) is 0.216. The van der Waals surface area contributed by atoms with Crippen LogP contribution in [0.5, 0.6) is 0 Å². The van der Waals surface area contributed by atoms with Crippen LogP contribution in [0.25, 0.3) is 0 Å². The molecule has 4 heteroatoms. The molecule has 0 saturated carbocycles. The lowest BCUT2D eigenvalue weighted by Gasteiger charge is -2.23. The molecule has 0 rings (SSSR count). The molecule has 2 unspecified atom stereocenters. The van der Waals surface area contributed by atoms with Gasteiger partial charge in [-0.25, -0.2) is 0 Å². The third kappa shape index (κ3) is 4.89. The zero-order chi connectivity index (χ0) is 11.8. The highest BCUT2D eigenvalue weighted by Crippen LogP contribution is 2.13. The van der Waals surface area contributed by atoms with Gasteiger partial charge in [-0.1, -0.05) is 13.8 Å². The summed E-state index contributed by atoms with van der Waals surface area (Å²) in [5, 5.41) is 12.1. The minimum absolute atomic E-state index is 0.0260. The highest BCUT2D eigenvalue weighted by atomic mass is 32.2. The minimum Gasteiger partial charge on any atom is -0.395 e. The first-order chi connectivity index (χ1) is 7.10. The lowest BCUT2D eigenvalue weighted by molar-refractivity contribution is -0.125. The fraction of sp³-hybridized carbons (Fsp3) is 0.909. The van der Waals surface area contributed by atoms with Crippen LogP contribution in [-0.2, 0) is 4.79 Å². The minimum atomic E-state index is 0.0260. The molecule has 0 aliphatic rings. The first-order valence-corrected chi connectivity index (χ1v) is 6.83. The molecule has 3 nitrogen and oxygen atoms in total. The number of hydrogen-bond donors (Lipinski definition) is 2. The van der Waals surface area contributed by atoms with Crippen LogP contribution in [0.2, 0.25) is 0 Å². The Morgan fingerprint density at radius 2 is 1.93 bits per heavy atom. The van der Waals surface area contributed by atoms with Crippen LogP contribution >= 0.6 is 11.8 Å². The zero-order valence-electron chi connectivity index (χ0n) is 10.1. The first-order valence-electron chi connectivity index (χ1n) is 5.54. The second-order valence-electron chi connectivity index (χ2n) is 3.77. The second kappa shape index (κ2) is 7.99. The number of carbonyl (C=O) groups excluding carboxylic acids is 1. The molecular weight excluding hydrogens is 210 g/mol. The molecule has 0 spiro atoms. The first kappa shape index (κ1) is 14.8. The smallest absolute Gasteiger partial charge is 0.223 e. The summed E-state index contributed by atoms with van der Waals surface area (Å²) in [6.07, 6.45) is 3.69. The Bertz CT molecular complexity index is 179. The van der Waals surface area contributed by atoms with Crippen molar-refractivity contribution in [3.8, 4) is 0 Å². The Morgan fingerprint density at radius 1 is 1.40 bits per heavy atom. The molecule has 0 aliphatic carbocycles. The van der Waals surface area contributed by atoms with Gasteiger partial charge < -0.3 is 10.4 Å². The van der Waals surface area contributed by atoms with Crippen molar-refractivity contribution in [3.63, 3.8) is 0 Å². The van der Waals surface area contributed by atoms with Gasteiger partial charge in [-0.05, 0) is 26.0 Å². The van der Waals surface area contributed by atoms with E-state index in [0.29, 0.717) is 0 Å². The zero-order valence-corrected chi connectivity index (χ0v) is 10.9. The fourth-order valence-electron chi connectivity index (χ4n) is 1.53. The van der Waals surface area contributed by atoms with Crippen LogP contribution in [0.3, 0.4) is 0 Å². The lowest BCUT2D eigenvalue weighted by Crippen LogP contribution is -2.43. The Labute approximate surface area is 97.0 Å². The summed E-state index contributed by atoms with van der Waals surface area (Å²) >= 11 is 1.58. The third-order valence-electron chi connectivity index (χ3n) is 2.77. The van der Waals surface area contributed by atoms with E-state index in [9.17, 15) is 4.79 Å².